The van der Waals surface area contributed by atoms with E-state index in [2.05, 4.69) is 88.7 Å². The van der Waals surface area contributed by atoms with E-state index in [0.717, 1.165) is 35.6 Å². The summed E-state index contributed by atoms with van der Waals surface area (Å²) in [5, 5.41) is 9.26. The second kappa shape index (κ2) is 13.5. The second-order valence-electron chi connectivity index (χ2n) is 6.78. The van der Waals surface area contributed by atoms with Gasteiger partial charge in [0.25, 0.3) is 0 Å². The fourth-order valence-electron chi connectivity index (χ4n) is 2.63. The molecule has 0 saturated carbocycles. The minimum Gasteiger partial charge on any atom is -0.0622 e. The van der Waals surface area contributed by atoms with Crippen LogP contribution in [0.3, 0.4) is 0 Å². The van der Waals surface area contributed by atoms with Gasteiger partial charge in [-0.25, -0.2) is 0 Å². The molecular formula is C21H31AsN4OS. The van der Waals surface area contributed by atoms with Crippen molar-refractivity contribution in [1.29, 1.82) is 0 Å². The van der Waals surface area contributed by atoms with E-state index < -0.39 is 0 Å². The van der Waals surface area contributed by atoms with Gasteiger partial charge in [0.05, 0.1) is 0 Å². The molecule has 4 N–H and O–H groups in total. The first-order chi connectivity index (χ1) is 13.3. The smallest absolute Gasteiger partial charge is 0.0622 e. The van der Waals surface area contributed by atoms with Crippen LogP contribution in [0.1, 0.15) is 25.3 Å². The molecule has 7 heteroatoms. The molecule has 1 aromatic carbocycles. The van der Waals surface area contributed by atoms with Gasteiger partial charge >= 0.3 is 148 Å². The van der Waals surface area contributed by atoms with Crippen molar-refractivity contribution in [1.82, 2.24) is 20.2 Å². The average molecular weight is 462 g/mol. The first-order valence-corrected chi connectivity index (χ1v) is 10.6. The molecule has 2 unspecified atom stereocenters. The molecule has 1 amide bonds. The van der Waals surface area contributed by atoms with Gasteiger partial charge in [-0.15, -0.1) is 0 Å². The standard InChI is InChI=1S/C21H31AsN4OS/c1-15(12-19-8-6-5-7-9-19)25-16(2)13-24-21(27)14-23-18(4)20(26-22)11-10-17(3)28/h5-9,15,20,23,25-26,28H,2-4,10-14H2,1H3,(H,24,27). The molecule has 0 spiro atoms. The van der Waals surface area contributed by atoms with Crippen LogP contribution < -0.4 is 20.2 Å². The molecule has 2 radical (unpaired) electrons. The molecular weight excluding hydrogens is 431 g/mol. The van der Waals surface area contributed by atoms with E-state index in [1.807, 2.05) is 18.2 Å². The van der Waals surface area contributed by atoms with Crippen molar-refractivity contribution in [2.24, 2.45) is 0 Å². The summed E-state index contributed by atoms with van der Waals surface area (Å²) >= 11 is 6.53. The Morgan fingerprint density at radius 3 is 2.43 bits per heavy atom. The van der Waals surface area contributed by atoms with Crippen LogP contribution >= 0.6 is 12.6 Å². The van der Waals surface area contributed by atoms with Gasteiger partial charge in [0.1, 0.15) is 0 Å². The average Bonchev–Trinajstić information content (AvgIpc) is 2.65. The summed E-state index contributed by atoms with van der Waals surface area (Å²) in [6, 6.07) is 10.5. The van der Waals surface area contributed by atoms with Gasteiger partial charge in [-0.3, -0.25) is 0 Å². The van der Waals surface area contributed by atoms with Crippen molar-refractivity contribution in [3.05, 3.63) is 71.9 Å². The summed E-state index contributed by atoms with van der Waals surface area (Å²) in [7, 11) is 0. The van der Waals surface area contributed by atoms with Crippen LogP contribution in [0.4, 0.5) is 0 Å². The van der Waals surface area contributed by atoms with Crippen molar-refractivity contribution < 1.29 is 4.79 Å². The number of hydrogen-bond donors (Lipinski definition) is 5. The van der Waals surface area contributed by atoms with Gasteiger partial charge in [0, 0.05) is 0 Å². The van der Waals surface area contributed by atoms with Crippen molar-refractivity contribution in [3.8, 4) is 0 Å². The van der Waals surface area contributed by atoms with Crippen LogP contribution in [0, 0.1) is 0 Å². The molecule has 0 aliphatic carbocycles. The van der Waals surface area contributed by atoms with Crippen LogP contribution in [0.15, 0.2) is 66.4 Å². The zero-order valence-electron chi connectivity index (χ0n) is 16.5. The Kier molecular flexibility index (Phi) is 11.8. The number of amides is 1. The number of carbonyl (C=O) groups is 1. The maximum atomic E-state index is 12.1. The number of allylic oxidation sites excluding steroid dienone is 1. The van der Waals surface area contributed by atoms with Crippen molar-refractivity contribution >= 4 is 35.6 Å². The van der Waals surface area contributed by atoms with E-state index in [1.165, 1.54) is 5.56 Å². The SMILES string of the molecule is C=C(S)CCC(N[As])C(=C)NCC(=O)NCC(=C)NC(C)Cc1ccccc1. The molecule has 152 valence electrons. The normalized spacial score (nSPS) is 12.5. The summed E-state index contributed by atoms with van der Waals surface area (Å²) in [6.07, 6.45) is 2.49. The molecule has 0 bridgehead atoms. The quantitative estimate of drug-likeness (QED) is 0.217. The molecule has 0 saturated heterocycles. The Morgan fingerprint density at radius 2 is 1.82 bits per heavy atom. The first kappa shape index (κ1) is 24.4. The van der Waals surface area contributed by atoms with Crippen LogP contribution in [0.25, 0.3) is 0 Å². The van der Waals surface area contributed by atoms with E-state index in [-0.39, 0.29) is 24.5 Å². The summed E-state index contributed by atoms with van der Waals surface area (Å²) in [6.45, 7) is 14.4. The molecule has 5 nitrogen and oxygen atoms in total. The minimum atomic E-state index is -0.109. The van der Waals surface area contributed by atoms with Gasteiger partial charge in [-0.1, -0.05) is 30.3 Å². The zero-order chi connectivity index (χ0) is 20.9. The van der Waals surface area contributed by atoms with Gasteiger partial charge in [-0.05, 0) is 5.56 Å². The Morgan fingerprint density at radius 1 is 1.14 bits per heavy atom. The summed E-state index contributed by atoms with van der Waals surface area (Å²) in [5.74, 6) is -0.109. The number of hydrogen-bond acceptors (Lipinski definition) is 5. The Bertz CT molecular complexity index is 666. The molecule has 28 heavy (non-hydrogen) atoms. The Hall–Kier alpha value is -1.62. The van der Waals surface area contributed by atoms with Crippen LogP contribution in [0.2, 0.25) is 0 Å². The van der Waals surface area contributed by atoms with E-state index in [9.17, 15) is 4.79 Å². The van der Waals surface area contributed by atoms with Gasteiger partial charge in [0.15, 0.2) is 0 Å². The predicted molar refractivity (Wildman–Crippen MR) is 122 cm³/mol. The first-order valence-electron chi connectivity index (χ1n) is 9.25. The number of thiol groups is 1. The number of carbonyl (C=O) groups excluding carboxylic acids is 1. The molecule has 0 fully saturated rings. The molecule has 1 aromatic rings. The molecule has 0 heterocycles. The third-order valence-corrected chi connectivity index (χ3v) is 4.99. The van der Waals surface area contributed by atoms with Crippen molar-refractivity contribution in [3.63, 3.8) is 0 Å². The molecule has 0 aliphatic heterocycles. The number of nitrogens with one attached hydrogen (secondary N) is 4. The fraction of sp³-hybridized carbons (Fsp3) is 0.381. The monoisotopic (exact) mass is 462 g/mol. The van der Waals surface area contributed by atoms with E-state index in [1.54, 1.807) is 0 Å². The van der Waals surface area contributed by atoms with Gasteiger partial charge in [-0.2, -0.15) is 0 Å². The molecule has 0 aliphatic rings. The Balaban J connectivity index is 2.26. The summed E-state index contributed by atoms with van der Waals surface area (Å²) < 4.78 is 3.12. The molecule has 2 atom stereocenters. The van der Waals surface area contributed by atoms with Crippen LogP contribution in [0.5, 0.6) is 0 Å². The van der Waals surface area contributed by atoms with Crippen LogP contribution in [-0.4, -0.2) is 48.2 Å². The maximum absolute atomic E-state index is 12.1. The summed E-state index contributed by atoms with van der Waals surface area (Å²) in [5.41, 5.74) is 2.81. The fourth-order valence-corrected chi connectivity index (χ4v) is 3.36. The number of benzene rings is 1. The zero-order valence-corrected chi connectivity index (χ0v) is 19.3. The van der Waals surface area contributed by atoms with Crippen molar-refractivity contribution in [2.45, 2.75) is 38.3 Å². The van der Waals surface area contributed by atoms with E-state index in [0.29, 0.717) is 6.54 Å². The van der Waals surface area contributed by atoms with E-state index >= 15 is 0 Å². The topological polar surface area (TPSA) is 65.2 Å². The van der Waals surface area contributed by atoms with Crippen molar-refractivity contribution in [2.75, 3.05) is 13.1 Å². The third-order valence-electron chi connectivity index (χ3n) is 4.11. The predicted octanol–water partition coefficient (Wildman–Crippen LogP) is 2.21. The summed E-state index contributed by atoms with van der Waals surface area (Å²) in [4.78, 5) is 12.9. The second-order valence-corrected chi connectivity index (χ2v) is 7.95. The Labute approximate surface area is 183 Å². The molecule has 1 rings (SSSR count). The van der Waals surface area contributed by atoms with Gasteiger partial charge < -0.3 is 0 Å². The third kappa shape index (κ3) is 10.6. The minimum absolute atomic E-state index is 0.0344. The number of rotatable bonds is 14. The van der Waals surface area contributed by atoms with E-state index in [4.69, 9.17) is 0 Å². The molecule has 0 aromatic heterocycles. The van der Waals surface area contributed by atoms with Gasteiger partial charge in [0.2, 0.25) is 0 Å². The van der Waals surface area contributed by atoms with Crippen LogP contribution in [-0.2, 0) is 11.2 Å².